The van der Waals surface area contributed by atoms with Crippen molar-refractivity contribution in [2.75, 3.05) is 12.3 Å². The number of hydrogen-bond donors (Lipinski definition) is 2. The molecule has 1 aliphatic rings. The molecule has 1 aliphatic heterocycles. The first-order valence-electron chi connectivity index (χ1n) is 8.36. The Morgan fingerprint density at radius 1 is 1.30 bits per heavy atom. The molecule has 0 bridgehead atoms. The molecule has 1 fully saturated rings. The quantitative estimate of drug-likeness (QED) is 0.616. The lowest BCUT2D eigenvalue weighted by Gasteiger charge is -2.12. The van der Waals surface area contributed by atoms with Gasteiger partial charge in [-0.3, -0.25) is 0 Å². The summed E-state index contributed by atoms with van der Waals surface area (Å²) < 4.78 is 29.9. The van der Waals surface area contributed by atoms with Crippen LogP contribution in [0.5, 0.6) is 5.75 Å². The fourth-order valence-corrected chi connectivity index (χ4v) is 3.63. The number of aliphatic hydroxyl groups is 1. The molecule has 0 spiro atoms. The van der Waals surface area contributed by atoms with Crippen LogP contribution < -0.4 is 10.3 Å². The Hall–Kier alpha value is -2.58. The van der Waals surface area contributed by atoms with Crippen LogP contribution in [0.2, 0.25) is 0 Å². The van der Waals surface area contributed by atoms with Gasteiger partial charge in [0, 0.05) is 11.0 Å². The zero-order valence-electron chi connectivity index (χ0n) is 14.2. The number of benzene rings is 1. The van der Waals surface area contributed by atoms with E-state index >= 15 is 0 Å². The van der Waals surface area contributed by atoms with E-state index in [0.717, 1.165) is 5.69 Å². The second kappa shape index (κ2) is 7.58. The minimum atomic E-state index is -2.37. The van der Waals surface area contributed by atoms with Crippen molar-refractivity contribution >= 4 is 19.6 Å². The zero-order valence-corrected chi connectivity index (χ0v) is 15.1. The number of aliphatic hydroxyl groups excluding tert-OH is 1. The molecule has 1 saturated heterocycles. The number of ether oxygens (including phenoxy) is 1. The van der Waals surface area contributed by atoms with E-state index in [2.05, 4.69) is 10.1 Å². The summed E-state index contributed by atoms with van der Waals surface area (Å²) in [4.78, 5) is 3.95. The number of nitrogens with two attached hydrogens (primary N) is 1. The van der Waals surface area contributed by atoms with E-state index < -0.39 is 26.6 Å². The maximum absolute atomic E-state index is 11.9. The number of fused-ring (bicyclic) bond motifs is 1. The van der Waals surface area contributed by atoms with Crippen molar-refractivity contribution in [3.8, 4) is 5.75 Å². The second-order valence-electron chi connectivity index (χ2n) is 6.09. The number of nitrogen functional groups attached to an aromatic ring is 1. The summed E-state index contributed by atoms with van der Waals surface area (Å²) in [5.41, 5.74) is 7.26. The summed E-state index contributed by atoms with van der Waals surface area (Å²) in [6.07, 6.45) is -0.0553. The Morgan fingerprint density at radius 3 is 2.93 bits per heavy atom. The Labute approximate surface area is 155 Å². The van der Waals surface area contributed by atoms with Crippen LogP contribution in [0.4, 0.5) is 5.82 Å². The van der Waals surface area contributed by atoms with E-state index in [9.17, 15) is 9.67 Å². The van der Waals surface area contributed by atoms with Gasteiger partial charge in [0.25, 0.3) is 0 Å². The van der Waals surface area contributed by atoms with Crippen LogP contribution in [0.1, 0.15) is 18.2 Å². The molecular weight excluding hydrogens is 371 g/mol. The van der Waals surface area contributed by atoms with Crippen molar-refractivity contribution in [2.24, 2.45) is 0 Å². The van der Waals surface area contributed by atoms with Gasteiger partial charge >= 0.3 is 8.25 Å². The SMILES string of the molecule is Nc1ncnn2c([C@H]3C[C@H](O)[C@@H](CO[P+](=O)Oc4ccccc4)O3)ccc12. The molecule has 0 saturated carbocycles. The number of hydrogen-bond acceptors (Lipinski definition) is 8. The van der Waals surface area contributed by atoms with E-state index in [0.29, 0.717) is 23.5 Å². The Balaban J connectivity index is 1.38. The summed E-state index contributed by atoms with van der Waals surface area (Å²) in [5.74, 6) is 0.811. The van der Waals surface area contributed by atoms with Gasteiger partial charge in [-0.25, -0.2) is 14.0 Å². The smallest absolute Gasteiger partial charge is 0.390 e. The molecule has 10 heteroatoms. The van der Waals surface area contributed by atoms with Crippen LogP contribution in [-0.4, -0.2) is 38.5 Å². The third-order valence-corrected chi connectivity index (χ3v) is 5.05. The lowest BCUT2D eigenvalue weighted by molar-refractivity contribution is -0.0182. The number of aromatic nitrogens is 3. The molecule has 4 rings (SSSR count). The minimum Gasteiger partial charge on any atom is -0.390 e. The molecule has 3 N–H and O–H groups in total. The van der Waals surface area contributed by atoms with Crippen LogP contribution in [0.15, 0.2) is 48.8 Å². The van der Waals surface area contributed by atoms with Gasteiger partial charge in [-0.15, -0.1) is 4.52 Å². The first-order chi connectivity index (χ1) is 13.1. The topological polar surface area (TPSA) is 121 Å². The molecule has 9 nitrogen and oxygen atoms in total. The van der Waals surface area contributed by atoms with Crippen LogP contribution in [0, 0.1) is 0 Å². The van der Waals surface area contributed by atoms with E-state index in [1.807, 2.05) is 12.1 Å². The number of rotatable bonds is 6. The maximum Gasteiger partial charge on any atom is 0.750 e. The van der Waals surface area contributed by atoms with Gasteiger partial charge in [-0.1, -0.05) is 18.2 Å². The molecule has 2 aromatic heterocycles. The summed E-state index contributed by atoms with van der Waals surface area (Å²) in [7, 11) is -2.37. The van der Waals surface area contributed by atoms with Crippen molar-refractivity contribution in [2.45, 2.75) is 24.7 Å². The Kier molecular flexibility index (Phi) is 5.00. The first kappa shape index (κ1) is 17.8. The molecule has 1 unspecified atom stereocenters. The fraction of sp³-hybridized carbons (Fsp3) is 0.294. The molecule has 140 valence electrons. The van der Waals surface area contributed by atoms with Crippen LogP contribution >= 0.6 is 8.25 Å². The Bertz CT molecular complexity index is 951. The molecule has 0 aliphatic carbocycles. The number of anilines is 1. The van der Waals surface area contributed by atoms with Crippen LogP contribution in [0.3, 0.4) is 0 Å². The highest BCUT2D eigenvalue weighted by atomic mass is 31.1. The fourth-order valence-electron chi connectivity index (χ4n) is 3.01. The molecule has 27 heavy (non-hydrogen) atoms. The van der Waals surface area contributed by atoms with Gasteiger partial charge in [0.05, 0.1) is 11.8 Å². The molecule has 1 aromatic carbocycles. The lowest BCUT2D eigenvalue weighted by Crippen LogP contribution is -2.25. The predicted molar refractivity (Wildman–Crippen MR) is 96.3 cm³/mol. The van der Waals surface area contributed by atoms with Crippen LogP contribution in [-0.2, 0) is 13.8 Å². The molecule has 3 aromatic rings. The Morgan fingerprint density at radius 2 is 2.11 bits per heavy atom. The molecule has 3 heterocycles. The highest BCUT2D eigenvalue weighted by Gasteiger charge is 2.39. The van der Waals surface area contributed by atoms with Crippen molar-refractivity contribution in [1.29, 1.82) is 0 Å². The van der Waals surface area contributed by atoms with E-state index in [4.69, 9.17) is 19.5 Å². The largest absolute Gasteiger partial charge is 0.750 e. The summed E-state index contributed by atoms with van der Waals surface area (Å²) in [6.45, 7) is -0.0554. The zero-order chi connectivity index (χ0) is 18.8. The molecule has 0 amide bonds. The molecule has 0 radical (unpaired) electrons. The second-order valence-corrected chi connectivity index (χ2v) is 6.98. The average molecular weight is 389 g/mol. The number of para-hydroxylation sites is 1. The number of nitrogens with zero attached hydrogens (tertiary/aromatic N) is 3. The van der Waals surface area contributed by atoms with E-state index in [1.165, 1.54) is 6.33 Å². The van der Waals surface area contributed by atoms with Gasteiger partial charge in [0.15, 0.2) is 11.6 Å². The predicted octanol–water partition coefficient (Wildman–Crippen LogP) is 2.26. The third-order valence-electron chi connectivity index (χ3n) is 4.33. The molecule has 4 atom stereocenters. The summed E-state index contributed by atoms with van der Waals surface area (Å²) >= 11 is 0. The van der Waals surface area contributed by atoms with Crippen molar-refractivity contribution in [3.05, 3.63) is 54.5 Å². The van der Waals surface area contributed by atoms with E-state index in [1.54, 1.807) is 34.8 Å². The van der Waals surface area contributed by atoms with Gasteiger partial charge in [0.1, 0.15) is 30.7 Å². The highest BCUT2D eigenvalue weighted by Crippen LogP contribution is 2.36. The third kappa shape index (κ3) is 3.77. The first-order valence-corrected chi connectivity index (χ1v) is 9.46. The maximum atomic E-state index is 11.9. The van der Waals surface area contributed by atoms with Crippen molar-refractivity contribution in [3.63, 3.8) is 0 Å². The van der Waals surface area contributed by atoms with Gasteiger partial charge < -0.3 is 15.6 Å². The summed E-state index contributed by atoms with van der Waals surface area (Å²) in [6, 6.07) is 12.4. The summed E-state index contributed by atoms with van der Waals surface area (Å²) in [5, 5.41) is 14.5. The molecular formula is C17H18N4O5P+. The van der Waals surface area contributed by atoms with Gasteiger partial charge in [-0.05, 0) is 24.3 Å². The highest BCUT2D eigenvalue weighted by molar-refractivity contribution is 7.33. The minimum absolute atomic E-state index is 0.0554. The normalized spacial score (nSPS) is 22.9. The standard InChI is InChI=1S/C17H18N4O5P/c18-17-13-7-6-12(21(13)20-10-19-17)15-8-14(22)16(25-15)9-24-27(23)26-11-4-2-1-3-5-11/h1-7,10,14-16,22H,8-9H2,(H2,18,19,20)/q+1/t14-,15+,16+/m0/s1. The average Bonchev–Trinajstić information content (AvgIpc) is 3.25. The van der Waals surface area contributed by atoms with Crippen molar-refractivity contribution in [1.82, 2.24) is 14.6 Å². The monoisotopic (exact) mass is 389 g/mol. The van der Waals surface area contributed by atoms with Crippen molar-refractivity contribution < 1.29 is 23.5 Å². The van der Waals surface area contributed by atoms with Crippen LogP contribution in [0.25, 0.3) is 5.52 Å². The van der Waals surface area contributed by atoms with Gasteiger partial charge in [0.2, 0.25) is 0 Å². The van der Waals surface area contributed by atoms with E-state index in [-0.39, 0.29) is 6.61 Å². The van der Waals surface area contributed by atoms with Gasteiger partial charge in [-0.2, -0.15) is 5.10 Å². The lowest BCUT2D eigenvalue weighted by atomic mass is 10.1.